The average molecular weight is 406 g/mol. The second-order valence-corrected chi connectivity index (χ2v) is 6.49. The number of nitrogens with zero attached hydrogens (tertiary/aromatic N) is 2. The molecule has 0 spiro atoms. The molecule has 0 heterocycles. The van der Waals surface area contributed by atoms with E-state index in [0.29, 0.717) is 11.3 Å². The first-order valence-corrected chi connectivity index (χ1v) is 9.56. The zero-order valence-corrected chi connectivity index (χ0v) is 18.0. The summed E-state index contributed by atoms with van der Waals surface area (Å²) in [5.41, 5.74) is 5.29. The number of hydrogen-bond donors (Lipinski definition) is 0. The van der Waals surface area contributed by atoms with Crippen molar-refractivity contribution in [2.24, 2.45) is 10.3 Å². The number of carbonyl (C=O) groups excluding carboxylic acids is 1. The highest BCUT2D eigenvalue weighted by atomic mass is 16.6. The summed E-state index contributed by atoms with van der Waals surface area (Å²) in [5, 5.41) is 7.86. The van der Waals surface area contributed by atoms with Crippen LogP contribution in [0.2, 0.25) is 0 Å². The van der Waals surface area contributed by atoms with Gasteiger partial charge in [0.25, 0.3) is 0 Å². The Labute approximate surface area is 177 Å². The summed E-state index contributed by atoms with van der Waals surface area (Å²) in [4.78, 5) is 22.3. The van der Waals surface area contributed by atoms with Crippen LogP contribution in [-0.4, -0.2) is 31.6 Å². The van der Waals surface area contributed by atoms with Gasteiger partial charge in [0.1, 0.15) is 19.4 Å². The lowest BCUT2D eigenvalue weighted by Crippen LogP contribution is -2.19. The Morgan fingerprint density at radius 1 is 1.07 bits per heavy atom. The number of aryl methyl sites for hydroxylation is 2. The number of methoxy groups -OCH3 is 1. The van der Waals surface area contributed by atoms with Crippen molar-refractivity contribution in [2.45, 2.75) is 33.8 Å². The van der Waals surface area contributed by atoms with Gasteiger partial charge < -0.3 is 14.4 Å². The molecule has 0 bridgehead atoms. The normalized spacial score (nSPS) is 11.4. The molecule has 0 atom stereocenters. The summed E-state index contributed by atoms with van der Waals surface area (Å²) in [6.07, 6.45) is 0.917. The molecule has 0 aliphatic carbocycles. The van der Waals surface area contributed by atoms with Crippen LogP contribution in [0.3, 0.4) is 0 Å². The van der Waals surface area contributed by atoms with E-state index in [1.54, 1.807) is 19.1 Å². The lowest BCUT2D eigenvalue weighted by atomic mass is 10.0. The fourth-order valence-electron chi connectivity index (χ4n) is 2.78. The van der Waals surface area contributed by atoms with Crippen LogP contribution in [0, 0.1) is 18.8 Å². The van der Waals surface area contributed by atoms with E-state index in [1.807, 2.05) is 24.3 Å². The number of oxime groups is 2. The van der Waals surface area contributed by atoms with Crippen molar-refractivity contribution >= 4 is 17.4 Å². The predicted molar refractivity (Wildman–Crippen MR) is 117 cm³/mol. The first kappa shape index (κ1) is 22.7. The third-order valence-electron chi connectivity index (χ3n) is 4.28. The second kappa shape index (κ2) is 11.4. The molecule has 0 saturated carbocycles. The van der Waals surface area contributed by atoms with E-state index in [9.17, 15) is 4.79 Å². The molecule has 2 aromatic carbocycles. The Bertz CT molecular complexity index is 1010. The number of rotatable bonds is 7. The molecule has 30 heavy (non-hydrogen) atoms. The first-order chi connectivity index (χ1) is 14.5. The van der Waals surface area contributed by atoms with Gasteiger partial charge in [0.15, 0.2) is 5.71 Å². The summed E-state index contributed by atoms with van der Waals surface area (Å²) in [7, 11) is 2.66. The van der Waals surface area contributed by atoms with Crippen molar-refractivity contribution in [1.29, 1.82) is 0 Å². The Balaban J connectivity index is 2.15. The number of hydrogen-bond acceptors (Lipinski definition) is 6. The van der Waals surface area contributed by atoms with Crippen LogP contribution in [0.15, 0.2) is 52.8 Å². The van der Waals surface area contributed by atoms with Gasteiger partial charge in [-0.3, -0.25) is 0 Å². The Morgan fingerprint density at radius 3 is 2.53 bits per heavy atom. The molecule has 0 unspecified atom stereocenters. The summed E-state index contributed by atoms with van der Waals surface area (Å²) < 4.78 is 4.78. The van der Waals surface area contributed by atoms with Gasteiger partial charge in [0, 0.05) is 16.7 Å². The van der Waals surface area contributed by atoms with E-state index < -0.39 is 5.97 Å². The quantitative estimate of drug-likeness (QED) is 0.301. The van der Waals surface area contributed by atoms with Crippen molar-refractivity contribution in [3.63, 3.8) is 0 Å². The molecule has 0 aliphatic heterocycles. The zero-order chi connectivity index (χ0) is 21.9. The van der Waals surface area contributed by atoms with Gasteiger partial charge >= 0.3 is 5.97 Å². The van der Waals surface area contributed by atoms with Crippen molar-refractivity contribution in [3.05, 3.63) is 70.3 Å². The summed E-state index contributed by atoms with van der Waals surface area (Å²) >= 11 is 0. The molecule has 0 aromatic heterocycles. The van der Waals surface area contributed by atoms with Gasteiger partial charge in [-0.2, -0.15) is 0 Å². The monoisotopic (exact) mass is 406 g/mol. The molecule has 2 aromatic rings. The highest BCUT2D eigenvalue weighted by molar-refractivity contribution is 6.43. The van der Waals surface area contributed by atoms with Crippen molar-refractivity contribution < 1.29 is 19.2 Å². The van der Waals surface area contributed by atoms with Gasteiger partial charge in [0.05, 0.1) is 7.11 Å². The van der Waals surface area contributed by atoms with Crippen LogP contribution in [0.25, 0.3) is 0 Å². The highest BCUT2D eigenvalue weighted by Gasteiger charge is 2.19. The fraction of sp³-hybridized carbons (Fsp3) is 0.292. The maximum Gasteiger partial charge on any atom is 0.360 e. The van der Waals surface area contributed by atoms with E-state index >= 15 is 0 Å². The topological polar surface area (TPSA) is 69.5 Å². The van der Waals surface area contributed by atoms with E-state index in [1.165, 1.54) is 25.3 Å². The van der Waals surface area contributed by atoms with Gasteiger partial charge in [-0.15, -0.1) is 0 Å². The number of esters is 1. The third-order valence-corrected chi connectivity index (χ3v) is 4.28. The molecule has 0 aliphatic rings. The minimum atomic E-state index is -0.598. The van der Waals surface area contributed by atoms with Gasteiger partial charge in [0.2, 0.25) is 0 Å². The molecule has 6 nitrogen and oxygen atoms in total. The maximum atomic E-state index is 12.0. The molecule has 0 fully saturated rings. The average Bonchev–Trinajstić information content (AvgIpc) is 2.76. The summed E-state index contributed by atoms with van der Waals surface area (Å²) in [6, 6.07) is 13.4. The largest absolute Gasteiger partial charge is 0.464 e. The number of benzene rings is 2. The van der Waals surface area contributed by atoms with Crippen LogP contribution in [0.1, 0.15) is 41.7 Å². The van der Waals surface area contributed by atoms with Crippen LogP contribution < -0.4 is 0 Å². The molecule has 6 heteroatoms. The summed E-state index contributed by atoms with van der Waals surface area (Å²) in [5.74, 6) is 5.58. The summed E-state index contributed by atoms with van der Waals surface area (Å²) in [6.45, 7) is 6.10. The van der Waals surface area contributed by atoms with Crippen LogP contribution in [0.5, 0.6) is 0 Å². The van der Waals surface area contributed by atoms with Crippen LogP contribution in [-0.2, 0) is 32.2 Å². The number of ether oxygens (including phenoxy) is 1. The van der Waals surface area contributed by atoms with Crippen molar-refractivity contribution in [2.75, 3.05) is 14.2 Å². The first-order valence-electron chi connectivity index (χ1n) is 9.56. The van der Waals surface area contributed by atoms with Crippen LogP contribution >= 0.6 is 0 Å². The Hall–Kier alpha value is -3.59. The SMILES string of the molecule is CCc1cc(C)ccc1C#C/C(C)=N/OCc1ccccc1/C(=N\OC)C(=O)OC. The van der Waals surface area contributed by atoms with E-state index in [0.717, 1.165) is 17.5 Å². The van der Waals surface area contributed by atoms with Crippen molar-refractivity contribution in [3.8, 4) is 11.8 Å². The minimum absolute atomic E-state index is 0.0613. The van der Waals surface area contributed by atoms with E-state index in [2.05, 4.69) is 42.1 Å². The fourth-order valence-corrected chi connectivity index (χ4v) is 2.78. The third kappa shape index (κ3) is 6.21. The minimum Gasteiger partial charge on any atom is -0.464 e. The van der Waals surface area contributed by atoms with Gasteiger partial charge in [-0.05, 0) is 37.8 Å². The zero-order valence-electron chi connectivity index (χ0n) is 18.0. The molecule has 2 rings (SSSR count). The Morgan fingerprint density at radius 2 is 1.83 bits per heavy atom. The molecular formula is C24H26N2O4. The maximum absolute atomic E-state index is 12.0. The van der Waals surface area contributed by atoms with E-state index in [4.69, 9.17) is 14.4 Å². The molecular weight excluding hydrogens is 380 g/mol. The molecule has 0 saturated heterocycles. The molecule has 156 valence electrons. The number of carbonyl (C=O) groups is 1. The van der Waals surface area contributed by atoms with Gasteiger partial charge in [-0.25, -0.2) is 4.79 Å². The van der Waals surface area contributed by atoms with Gasteiger partial charge in [-0.1, -0.05) is 65.1 Å². The molecule has 0 N–H and O–H groups in total. The van der Waals surface area contributed by atoms with Crippen molar-refractivity contribution in [1.82, 2.24) is 0 Å². The lowest BCUT2D eigenvalue weighted by Gasteiger charge is -2.09. The van der Waals surface area contributed by atoms with Crippen LogP contribution in [0.4, 0.5) is 0 Å². The lowest BCUT2D eigenvalue weighted by molar-refractivity contribution is -0.132. The second-order valence-electron chi connectivity index (χ2n) is 6.49. The molecule has 0 radical (unpaired) electrons. The smallest absolute Gasteiger partial charge is 0.360 e. The van der Waals surface area contributed by atoms with E-state index in [-0.39, 0.29) is 12.3 Å². The predicted octanol–water partition coefficient (Wildman–Crippen LogP) is 4.03. The Kier molecular flexibility index (Phi) is 8.64. The highest BCUT2D eigenvalue weighted by Crippen LogP contribution is 2.14. The molecule has 0 amide bonds. The standard InChI is InChI=1S/C24H26N2O4/c1-6-19-15-17(2)11-13-20(19)14-12-18(3)25-30-16-21-9-7-8-10-22(21)23(26-29-5)24(27)28-4/h7-11,13,15H,6,16H2,1-5H3/b25-18+,26-23+.